The Morgan fingerprint density at radius 2 is 1.60 bits per heavy atom. The first-order valence-electron chi connectivity index (χ1n) is 12.3. The lowest BCUT2D eigenvalue weighted by Crippen LogP contribution is -2.31. The molecular weight excluding hydrogens is 466 g/mol. The summed E-state index contributed by atoms with van der Waals surface area (Å²) in [7, 11) is -4.28. The predicted molar refractivity (Wildman–Crippen MR) is 135 cm³/mol. The molecule has 0 aliphatic carbocycles. The molecule has 0 atom stereocenters. The van der Waals surface area contributed by atoms with Crippen LogP contribution in [0.15, 0.2) is 52.2 Å². The molecule has 1 heterocycles. The van der Waals surface area contributed by atoms with E-state index in [1.54, 1.807) is 12.1 Å². The lowest BCUT2D eigenvalue weighted by molar-refractivity contribution is 0.0497. The molecule has 0 bridgehead atoms. The van der Waals surface area contributed by atoms with Gasteiger partial charge in [0.1, 0.15) is 5.52 Å². The largest absolute Gasteiger partial charge is 0.462 e. The van der Waals surface area contributed by atoms with E-state index in [4.69, 9.17) is 4.74 Å². The van der Waals surface area contributed by atoms with Crippen molar-refractivity contribution < 1.29 is 17.9 Å². The molecule has 0 N–H and O–H groups in total. The van der Waals surface area contributed by atoms with E-state index < -0.39 is 21.6 Å². The summed E-state index contributed by atoms with van der Waals surface area (Å²) in [5.41, 5.74) is 0.858. The van der Waals surface area contributed by atoms with Gasteiger partial charge in [0, 0.05) is 0 Å². The summed E-state index contributed by atoms with van der Waals surface area (Å²) in [6.07, 6.45) is 9.40. The van der Waals surface area contributed by atoms with E-state index in [1.807, 2.05) is 6.07 Å². The number of nitrogens with zero attached hydrogens (tertiary/aromatic N) is 3. The van der Waals surface area contributed by atoms with Gasteiger partial charge in [0.25, 0.3) is 15.6 Å². The van der Waals surface area contributed by atoms with Crippen LogP contribution in [0.5, 0.6) is 0 Å². The third-order valence-corrected chi connectivity index (χ3v) is 7.43. The number of carbonyl (C=O) groups excluding carboxylic acids is 1. The van der Waals surface area contributed by atoms with Crippen LogP contribution >= 0.6 is 0 Å². The Labute approximate surface area is 206 Å². The van der Waals surface area contributed by atoms with Crippen LogP contribution < -0.4 is 5.56 Å². The first-order chi connectivity index (χ1) is 16.9. The van der Waals surface area contributed by atoms with E-state index in [9.17, 15) is 18.0 Å². The van der Waals surface area contributed by atoms with E-state index in [0.717, 1.165) is 44.1 Å². The summed E-state index contributed by atoms with van der Waals surface area (Å²) in [4.78, 5) is 25.0. The molecule has 0 fully saturated rings. The zero-order chi connectivity index (χ0) is 25.3. The van der Waals surface area contributed by atoms with Gasteiger partial charge in [-0.3, -0.25) is 4.79 Å². The lowest BCUT2D eigenvalue weighted by atomic mass is 10.1. The first-order valence-corrected chi connectivity index (χ1v) is 13.7. The summed E-state index contributed by atoms with van der Waals surface area (Å²) < 4.78 is 31.8. The summed E-state index contributed by atoms with van der Waals surface area (Å²) in [5, 5.41) is 7.84. The summed E-state index contributed by atoms with van der Waals surface area (Å²) in [6.45, 7) is 4.58. The quantitative estimate of drug-likeness (QED) is 0.243. The van der Waals surface area contributed by atoms with Gasteiger partial charge in [0.05, 0.1) is 22.5 Å². The molecule has 0 spiro atoms. The molecule has 0 aliphatic rings. The highest BCUT2D eigenvalue weighted by molar-refractivity contribution is 7.89. The minimum atomic E-state index is -4.28. The van der Waals surface area contributed by atoms with E-state index in [1.165, 1.54) is 43.5 Å². The Hall–Kier alpha value is -3.07. The fraction of sp³-hybridized carbons (Fsp3) is 0.462. The number of aryl methyl sites for hydroxylation is 1. The highest BCUT2D eigenvalue weighted by atomic mass is 32.2. The number of aromatic nitrogens is 3. The third kappa shape index (κ3) is 6.75. The van der Waals surface area contributed by atoms with Crippen molar-refractivity contribution >= 4 is 26.9 Å². The Bertz CT molecular complexity index is 1300. The van der Waals surface area contributed by atoms with Crippen LogP contribution in [0.4, 0.5) is 0 Å². The second kappa shape index (κ2) is 12.6. The van der Waals surface area contributed by atoms with Gasteiger partial charge in [0.15, 0.2) is 0 Å². The third-order valence-electron chi connectivity index (χ3n) is 5.87. The number of ether oxygens (including phenoxy) is 1. The molecule has 3 aromatic rings. The normalized spacial score (nSPS) is 11.6. The number of unbranched alkanes of at least 4 members (excludes halogenated alkanes) is 6. The fourth-order valence-corrected chi connectivity index (χ4v) is 4.89. The number of hydrogen-bond donors (Lipinski definition) is 0. The molecule has 9 heteroatoms. The number of esters is 1. The second-order valence-electron chi connectivity index (χ2n) is 8.63. The minimum absolute atomic E-state index is 0.166. The van der Waals surface area contributed by atoms with Crippen LogP contribution in [0.25, 0.3) is 10.9 Å². The molecule has 2 aromatic carbocycles. The fourth-order valence-electron chi connectivity index (χ4n) is 3.76. The standard InChI is InChI=1S/C26H33N3O5S/c1-3-5-7-8-9-10-18-34-26(31)21-13-15-22(16-14-21)35(32,33)29-25(30)23-17-12-20(11-6-4-2)19-24(23)27-28-29/h12-17,19H,3-11,18H2,1-2H3. The van der Waals surface area contributed by atoms with Crippen LogP contribution in [0.2, 0.25) is 0 Å². The maximum atomic E-state index is 13.1. The second-order valence-corrected chi connectivity index (χ2v) is 10.4. The van der Waals surface area contributed by atoms with E-state index >= 15 is 0 Å². The van der Waals surface area contributed by atoms with Crippen molar-refractivity contribution in [3.63, 3.8) is 0 Å². The molecule has 0 unspecified atom stereocenters. The Balaban J connectivity index is 1.70. The lowest BCUT2D eigenvalue weighted by Gasteiger charge is -2.08. The Morgan fingerprint density at radius 3 is 2.31 bits per heavy atom. The average Bonchev–Trinajstić information content (AvgIpc) is 2.86. The van der Waals surface area contributed by atoms with Crippen molar-refractivity contribution in [2.45, 2.75) is 76.5 Å². The summed E-state index contributed by atoms with van der Waals surface area (Å²) in [5.74, 6) is -0.510. The first kappa shape index (κ1) is 26.5. The summed E-state index contributed by atoms with van der Waals surface area (Å²) >= 11 is 0. The molecule has 1 aromatic heterocycles. The van der Waals surface area contributed by atoms with Crippen LogP contribution in [0, 0.1) is 0 Å². The van der Waals surface area contributed by atoms with Gasteiger partial charge in [-0.1, -0.05) is 62.5 Å². The molecule has 0 saturated heterocycles. The highest BCUT2D eigenvalue weighted by Crippen LogP contribution is 2.16. The topological polar surface area (TPSA) is 108 Å². The maximum absolute atomic E-state index is 13.1. The van der Waals surface area contributed by atoms with Crippen LogP contribution in [0.1, 0.15) is 81.1 Å². The zero-order valence-electron chi connectivity index (χ0n) is 20.4. The van der Waals surface area contributed by atoms with Crippen molar-refractivity contribution in [1.29, 1.82) is 0 Å². The molecule has 0 amide bonds. The van der Waals surface area contributed by atoms with Crippen LogP contribution in [-0.4, -0.2) is 35.4 Å². The van der Waals surface area contributed by atoms with Crippen molar-refractivity contribution in [2.75, 3.05) is 6.61 Å². The SMILES string of the molecule is CCCCCCCCOC(=O)c1ccc(S(=O)(=O)n2nnc3cc(CCCC)ccc3c2=O)cc1. The molecule has 188 valence electrons. The smallest absolute Gasteiger partial charge is 0.338 e. The monoisotopic (exact) mass is 499 g/mol. The average molecular weight is 500 g/mol. The highest BCUT2D eigenvalue weighted by Gasteiger charge is 2.22. The number of carbonyl (C=O) groups is 1. The predicted octanol–water partition coefficient (Wildman–Crippen LogP) is 4.89. The molecular formula is C26H33N3O5S. The van der Waals surface area contributed by atoms with Crippen LogP contribution in [0.3, 0.4) is 0 Å². The van der Waals surface area contributed by atoms with E-state index in [-0.39, 0.29) is 15.8 Å². The van der Waals surface area contributed by atoms with Crippen molar-refractivity contribution in [3.05, 3.63) is 63.9 Å². The maximum Gasteiger partial charge on any atom is 0.338 e. The van der Waals surface area contributed by atoms with E-state index in [0.29, 0.717) is 16.2 Å². The molecule has 35 heavy (non-hydrogen) atoms. The molecule has 0 saturated carbocycles. The van der Waals surface area contributed by atoms with Gasteiger partial charge in [-0.15, -0.1) is 5.10 Å². The summed E-state index contributed by atoms with van der Waals surface area (Å²) in [6, 6.07) is 10.4. The van der Waals surface area contributed by atoms with Gasteiger partial charge in [-0.2, -0.15) is 8.42 Å². The van der Waals surface area contributed by atoms with Crippen LogP contribution in [-0.2, 0) is 21.2 Å². The van der Waals surface area contributed by atoms with Crippen molar-refractivity contribution in [1.82, 2.24) is 14.4 Å². The number of fused-ring (bicyclic) bond motifs is 1. The Kier molecular flexibility index (Phi) is 9.54. The molecule has 0 radical (unpaired) electrons. The number of benzene rings is 2. The van der Waals surface area contributed by atoms with Crippen molar-refractivity contribution in [2.24, 2.45) is 0 Å². The Morgan fingerprint density at radius 1 is 0.914 bits per heavy atom. The van der Waals surface area contributed by atoms with E-state index in [2.05, 4.69) is 24.2 Å². The zero-order valence-corrected chi connectivity index (χ0v) is 21.2. The number of rotatable bonds is 13. The number of hydrogen-bond acceptors (Lipinski definition) is 7. The van der Waals surface area contributed by atoms with Gasteiger partial charge in [-0.05, 0) is 66.4 Å². The van der Waals surface area contributed by atoms with Gasteiger partial charge in [-0.25, -0.2) is 4.79 Å². The molecule has 0 aliphatic heterocycles. The minimum Gasteiger partial charge on any atom is -0.462 e. The van der Waals surface area contributed by atoms with Gasteiger partial charge in [0.2, 0.25) is 0 Å². The van der Waals surface area contributed by atoms with Gasteiger partial charge >= 0.3 is 5.97 Å². The van der Waals surface area contributed by atoms with Gasteiger partial charge < -0.3 is 4.74 Å². The van der Waals surface area contributed by atoms with Crippen molar-refractivity contribution in [3.8, 4) is 0 Å². The molecule has 8 nitrogen and oxygen atoms in total. The molecule has 3 rings (SSSR count).